The molecule has 5 nitrogen and oxygen atoms in total. The molecule has 0 unspecified atom stereocenters. The highest BCUT2D eigenvalue weighted by atomic mass is 15.2. The number of nitriles is 1. The molecule has 2 rings (SSSR count). The number of hydrogen-bond donors (Lipinski definition) is 3. The largest absolute Gasteiger partial charge is 0.382 e. The lowest BCUT2D eigenvalue weighted by molar-refractivity contribution is 1.10. The Hall–Kier alpha value is -2.48. The summed E-state index contributed by atoms with van der Waals surface area (Å²) in [6.07, 6.45) is 1.60. The van der Waals surface area contributed by atoms with Crippen molar-refractivity contribution in [3.8, 4) is 6.07 Å². The smallest absolute Gasteiger partial charge is 0.143 e. The SMILES string of the molecule is Cc1ccc(C#N)cc1Nc1cn[nH]c1N. The van der Waals surface area contributed by atoms with Crippen LogP contribution in [0.25, 0.3) is 0 Å². The number of nitrogen functional groups attached to an aromatic ring is 1. The molecule has 0 aliphatic rings. The Balaban J connectivity index is 2.35. The fourth-order valence-electron chi connectivity index (χ4n) is 1.37. The summed E-state index contributed by atoms with van der Waals surface area (Å²) in [5, 5.41) is 18.4. The number of H-pyrrole nitrogens is 1. The summed E-state index contributed by atoms with van der Waals surface area (Å²) < 4.78 is 0. The van der Waals surface area contributed by atoms with Gasteiger partial charge in [0.25, 0.3) is 0 Å². The first-order chi connectivity index (χ1) is 7.70. The van der Waals surface area contributed by atoms with Crippen molar-refractivity contribution in [3.63, 3.8) is 0 Å². The quantitative estimate of drug-likeness (QED) is 0.710. The molecule has 0 aliphatic heterocycles. The van der Waals surface area contributed by atoms with E-state index in [4.69, 9.17) is 11.0 Å². The van der Waals surface area contributed by atoms with Gasteiger partial charge in [0.1, 0.15) is 11.5 Å². The van der Waals surface area contributed by atoms with Gasteiger partial charge in [-0.1, -0.05) is 6.07 Å². The maximum absolute atomic E-state index is 8.81. The standard InChI is InChI=1S/C11H11N5/c1-7-2-3-8(5-12)4-9(7)15-10-6-14-16-11(10)13/h2-4,6,15H,1H3,(H3,13,14,16). The number of nitrogens with one attached hydrogen (secondary N) is 2. The Morgan fingerprint density at radius 3 is 2.88 bits per heavy atom. The third-order valence-electron chi connectivity index (χ3n) is 2.30. The number of benzene rings is 1. The molecule has 2 aromatic rings. The monoisotopic (exact) mass is 213 g/mol. The van der Waals surface area contributed by atoms with Crippen molar-refractivity contribution < 1.29 is 0 Å². The predicted molar refractivity (Wildman–Crippen MR) is 62.2 cm³/mol. The van der Waals surface area contributed by atoms with Crippen LogP contribution in [0.15, 0.2) is 24.4 Å². The van der Waals surface area contributed by atoms with Gasteiger partial charge in [-0.05, 0) is 24.6 Å². The van der Waals surface area contributed by atoms with Crippen LogP contribution in [0.1, 0.15) is 11.1 Å². The summed E-state index contributed by atoms with van der Waals surface area (Å²) in [5.41, 5.74) is 8.87. The lowest BCUT2D eigenvalue weighted by Crippen LogP contribution is -1.96. The molecular formula is C11H11N5. The van der Waals surface area contributed by atoms with Crippen LogP contribution in [0.4, 0.5) is 17.2 Å². The van der Waals surface area contributed by atoms with Crippen LogP contribution >= 0.6 is 0 Å². The van der Waals surface area contributed by atoms with E-state index >= 15 is 0 Å². The first-order valence-corrected chi connectivity index (χ1v) is 4.77. The van der Waals surface area contributed by atoms with Crippen LogP contribution in [0.2, 0.25) is 0 Å². The highest BCUT2D eigenvalue weighted by Crippen LogP contribution is 2.24. The lowest BCUT2D eigenvalue weighted by atomic mass is 10.1. The average Bonchev–Trinajstić information content (AvgIpc) is 2.68. The second-order valence-electron chi connectivity index (χ2n) is 3.46. The van der Waals surface area contributed by atoms with E-state index in [0.717, 1.165) is 11.3 Å². The number of hydrogen-bond acceptors (Lipinski definition) is 4. The summed E-state index contributed by atoms with van der Waals surface area (Å²) in [6, 6.07) is 7.54. The van der Waals surface area contributed by atoms with Crippen molar-refractivity contribution in [2.45, 2.75) is 6.92 Å². The topological polar surface area (TPSA) is 90.5 Å². The molecule has 0 spiro atoms. The van der Waals surface area contributed by atoms with Crippen molar-refractivity contribution in [2.24, 2.45) is 0 Å². The van der Waals surface area contributed by atoms with Crippen LogP contribution < -0.4 is 11.1 Å². The Labute approximate surface area is 92.9 Å². The molecule has 0 radical (unpaired) electrons. The molecule has 0 fully saturated rings. The van der Waals surface area contributed by atoms with Crippen molar-refractivity contribution in [1.29, 1.82) is 5.26 Å². The zero-order valence-corrected chi connectivity index (χ0v) is 8.78. The summed E-state index contributed by atoms with van der Waals surface area (Å²) in [5.74, 6) is 0.474. The summed E-state index contributed by atoms with van der Waals surface area (Å²) in [7, 11) is 0. The number of nitrogens with zero attached hydrogens (tertiary/aromatic N) is 2. The third kappa shape index (κ3) is 1.81. The number of anilines is 3. The number of aromatic nitrogens is 2. The number of rotatable bonds is 2. The molecule has 80 valence electrons. The molecule has 0 amide bonds. The van der Waals surface area contributed by atoms with Gasteiger partial charge in [-0.2, -0.15) is 10.4 Å². The Kier molecular flexibility index (Phi) is 2.48. The first-order valence-electron chi connectivity index (χ1n) is 4.77. The maximum atomic E-state index is 8.81. The molecule has 1 aromatic carbocycles. The van der Waals surface area contributed by atoms with E-state index in [2.05, 4.69) is 21.6 Å². The minimum absolute atomic E-state index is 0.474. The molecule has 0 saturated heterocycles. The van der Waals surface area contributed by atoms with Gasteiger partial charge >= 0.3 is 0 Å². The van der Waals surface area contributed by atoms with Crippen molar-refractivity contribution in [3.05, 3.63) is 35.5 Å². The highest BCUT2D eigenvalue weighted by Gasteiger charge is 2.04. The van der Waals surface area contributed by atoms with Crippen LogP contribution in [0, 0.1) is 18.3 Å². The van der Waals surface area contributed by atoms with Gasteiger partial charge in [0.2, 0.25) is 0 Å². The van der Waals surface area contributed by atoms with E-state index in [1.54, 1.807) is 18.3 Å². The Morgan fingerprint density at radius 2 is 2.25 bits per heavy atom. The molecule has 0 aliphatic carbocycles. The molecule has 0 atom stereocenters. The first kappa shape index (κ1) is 10.1. The molecular weight excluding hydrogens is 202 g/mol. The molecule has 4 N–H and O–H groups in total. The van der Waals surface area contributed by atoms with Gasteiger partial charge in [-0.25, -0.2) is 0 Å². The normalized spacial score (nSPS) is 9.75. The van der Waals surface area contributed by atoms with E-state index in [1.807, 2.05) is 13.0 Å². The van der Waals surface area contributed by atoms with E-state index < -0.39 is 0 Å². The lowest BCUT2D eigenvalue weighted by Gasteiger charge is -2.08. The van der Waals surface area contributed by atoms with Crippen LogP contribution in [0.5, 0.6) is 0 Å². The van der Waals surface area contributed by atoms with Crippen LogP contribution in [-0.2, 0) is 0 Å². The number of aromatic amines is 1. The molecule has 0 saturated carbocycles. The van der Waals surface area contributed by atoms with E-state index in [-0.39, 0.29) is 0 Å². The average molecular weight is 213 g/mol. The second kappa shape index (κ2) is 3.95. The number of aryl methyl sites for hydroxylation is 1. The Morgan fingerprint density at radius 1 is 1.44 bits per heavy atom. The molecule has 5 heteroatoms. The van der Waals surface area contributed by atoms with Gasteiger partial charge in [-0.15, -0.1) is 0 Å². The van der Waals surface area contributed by atoms with Gasteiger partial charge in [0.15, 0.2) is 0 Å². The molecule has 16 heavy (non-hydrogen) atoms. The maximum Gasteiger partial charge on any atom is 0.143 e. The summed E-state index contributed by atoms with van der Waals surface area (Å²) in [4.78, 5) is 0. The minimum atomic E-state index is 0.474. The molecule has 1 aromatic heterocycles. The zero-order chi connectivity index (χ0) is 11.5. The number of nitrogens with two attached hydrogens (primary N) is 1. The van der Waals surface area contributed by atoms with Gasteiger partial charge < -0.3 is 11.1 Å². The zero-order valence-electron chi connectivity index (χ0n) is 8.78. The molecule has 1 heterocycles. The van der Waals surface area contributed by atoms with Gasteiger partial charge in [-0.3, -0.25) is 5.10 Å². The predicted octanol–water partition coefficient (Wildman–Crippen LogP) is 1.92. The third-order valence-corrected chi connectivity index (χ3v) is 2.30. The fourth-order valence-corrected chi connectivity index (χ4v) is 1.37. The van der Waals surface area contributed by atoms with Crippen molar-refractivity contribution >= 4 is 17.2 Å². The summed E-state index contributed by atoms with van der Waals surface area (Å²) >= 11 is 0. The highest BCUT2D eigenvalue weighted by molar-refractivity contribution is 5.71. The Bertz CT molecular complexity index is 550. The minimum Gasteiger partial charge on any atom is -0.382 e. The van der Waals surface area contributed by atoms with Crippen LogP contribution in [-0.4, -0.2) is 10.2 Å². The summed E-state index contributed by atoms with van der Waals surface area (Å²) in [6.45, 7) is 1.96. The van der Waals surface area contributed by atoms with Gasteiger partial charge in [0.05, 0.1) is 17.8 Å². The van der Waals surface area contributed by atoms with E-state index in [1.165, 1.54) is 0 Å². The van der Waals surface area contributed by atoms with Crippen molar-refractivity contribution in [1.82, 2.24) is 10.2 Å². The van der Waals surface area contributed by atoms with Crippen LogP contribution in [0.3, 0.4) is 0 Å². The van der Waals surface area contributed by atoms with Gasteiger partial charge in [0, 0.05) is 5.69 Å². The van der Waals surface area contributed by atoms with E-state index in [9.17, 15) is 0 Å². The van der Waals surface area contributed by atoms with E-state index in [0.29, 0.717) is 17.1 Å². The second-order valence-corrected chi connectivity index (χ2v) is 3.46. The fraction of sp³-hybridized carbons (Fsp3) is 0.0909. The van der Waals surface area contributed by atoms with Crippen molar-refractivity contribution in [2.75, 3.05) is 11.1 Å². The molecule has 0 bridgehead atoms.